The predicted molar refractivity (Wildman–Crippen MR) is 67.9 cm³/mol. The first-order valence-corrected chi connectivity index (χ1v) is 5.78. The zero-order chi connectivity index (χ0) is 12.0. The minimum atomic E-state index is 0.175. The van der Waals surface area contributed by atoms with Crippen molar-refractivity contribution in [2.24, 2.45) is 0 Å². The summed E-state index contributed by atoms with van der Waals surface area (Å²) in [7, 11) is 0. The largest absolute Gasteiger partial charge is 0.299 e. The van der Waals surface area contributed by atoms with Crippen LogP contribution in [0.1, 0.15) is 24.8 Å². The number of carbonyl (C=O) groups is 1. The van der Waals surface area contributed by atoms with Crippen molar-refractivity contribution in [3.8, 4) is 12.3 Å². The Kier molecular flexibility index (Phi) is 5.38. The van der Waals surface area contributed by atoms with Crippen molar-refractivity contribution < 1.29 is 4.79 Å². The zero-order valence-electron chi connectivity index (χ0n) is 8.80. The van der Waals surface area contributed by atoms with Crippen LogP contribution in [0.25, 0.3) is 0 Å². The Balaban J connectivity index is 2.50. The van der Waals surface area contributed by atoms with Gasteiger partial charge in [-0.1, -0.05) is 29.3 Å². The highest BCUT2D eigenvalue weighted by Gasteiger charge is 2.05. The number of hydrogen-bond donors (Lipinski definition) is 0. The minimum absolute atomic E-state index is 0.175. The summed E-state index contributed by atoms with van der Waals surface area (Å²) < 4.78 is 0. The van der Waals surface area contributed by atoms with E-state index in [1.54, 1.807) is 12.1 Å². The van der Waals surface area contributed by atoms with E-state index in [-0.39, 0.29) is 5.78 Å². The normalized spacial score (nSPS) is 9.81. The quantitative estimate of drug-likeness (QED) is 0.576. The molecule has 0 aromatic heterocycles. The Morgan fingerprint density at radius 1 is 1.31 bits per heavy atom. The van der Waals surface area contributed by atoms with E-state index >= 15 is 0 Å². The molecule has 1 aromatic rings. The van der Waals surface area contributed by atoms with Crippen molar-refractivity contribution in [2.75, 3.05) is 0 Å². The zero-order valence-corrected chi connectivity index (χ0v) is 10.3. The van der Waals surface area contributed by atoms with Gasteiger partial charge >= 0.3 is 0 Å². The number of ketones is 1. The van der Waals surface area contributed by atoms with Crippen LogP contribution in [-0.2, 0) is 11.2 Å². The van der Waals surface area contributed by atoms with Crippen molar-refractivity contribution in [3.05, 3.63) is 33.8 Å². The van der Waals surface area contributed by atoms with Crippen molar-refractivity contribution in [3.63, 3.8) is 0 Å². The molecule has 0 saturated heterocycles. The maximum absolute atomic E-state index is 11.5. The summed E-state index contributed by atoms with van der Waals surface area (Å²) in [6.45, 7) is 0. The number of benzene rings is 1. The van der Waals surface area contributed by atoms with Gasteiger partial charge in [0, 0.05) is 19.3 Å². The number of terminal acetylenes is 1. The van der Waals surface area contributed by atoms with Gasteiger partial charge in [-0.25, -0.2) is 0 Å². The van der Waals surface area contributed by atoms with Crippen LogP contribution in [0.4, 0.5) is 0 Å². The second-order valence-electron chi connectivity index (χ2n) is 3.52. The summed E-state index contributed by atoms with van der Waals surface area (Å²) in [5, 5.41) is 0.987. The summed E-state index contributed by atoms with van der Waals surface area (Å²) in [6, 6.07) is 5.24. The Morgan fingerprint density at radius 3 is 2.69 bits per heavy atom. The SMILES string of the molecule is C#CCCCC(=O)Cc1ccc(Cl)c(Cl)c1. The molecule has 0 bridgehead atoms. The highest BCUT2D eigenvalue weighted by Crippen LogP contribution is 2.23. The third-order valence-electron chi connectivity index (χ3n) is 2.16. The number of Topliss-reactive ketones (excluding diaryl/α,β-unsaturated/α-hetero) is 1. The highest BCUT2D eigenvalue weighted by molar-refractivity contribution is 6.42. The molecule has 0 fully saturated rings. The van der Waals surface area contributed by atoms with Gasteiger partial charge in [0.2, 0.25) is 0 Å². The van der Waals surface area contributed by atoms with Gasteiger partial charge in [0.25, 0.3) is 0 Å². The van der Waals surface area contributed by atoms with Crippen LogP contribution in [0, 0.1) is 12.3 Å². The maximum atomic E-state index is 11.5. The van der Waals surface area contributed by atoms with Crippen molar-refractivity contribution in [1.29, 1.82) is 0 Å². The van der Waals surface area contributed by atoms with E-state index in [1.165, 1.54) is 0 Å². The molecule has 0 atom stereocenters. The van der Waals surface area contributed by atoms with E-state index in [4.69, 9.17) is 29.6 Å². The van der Waals surface area contributed by atoms with Gasteiger partial charge in [-0.3, -0.25) is 4.79 Å². The molecule has 0 aliphatic heterocycles. The molecule has 0 N–H and O–H groups in total. The van der Waals surface area contributed by atoms with E-state index in [0.29, 0.717) is 29.3 Å². The molecule has 0 aliphatic carbocycles. The number of unbranched alkanes of at least 4 members (excludes halogenated alkanes) is 1. The Morgan fingerprint density at radius 2 is 2.06 bits per heavy atom. The lowest BCUT2D eigenvalue weighted by Crippen LogP contribution is -2.02. The number of halogens is 2. The average molecular weight is 255 g/mol. The van der Waals surface area contributed by atoms with Gasteiger partial charge < -0.3 is 0 Å². The van der Waals surface area contributed by atoms with Crippen molar-refractivity contribution >= 4 is 29.0 Å². The lowest BCUT2D eigenvalue weighted by molar-refractivity contribution is -0.118. The van der Waals surface area contributed by atoms with Crippen LogP contribution in [0.15, 0.2) is 18.2 Å². The molecule has 0 amide bonds. The van der Waals surface area contributed by atoms with Crippen LogP contribution in [0.3, 0.4) is 0 Å². The van der Waals surface area contributed by atoms with Crippen molar-refractivity contribution in [2.45, 2.75) is 25.7 Å². The van der Waals surface area contributed by atoms with E-state index < -0.39 is 0 Å². The highest BCUT2D eigenvalue weighted by atomic mass is 35.5. The second-order valence-corrected chi connectivity index (χ2v) is 4.34. The molecule has 0 unspecified atom stereocenters. The van der Waals surface area contributed by atoms with Crippen LogP contribution in [0.2, 0.25) is 10.0 Å². The topological polar surface area (TPSA) is 17.1 Å². The fraction of sp³-hybridized carbons (Fsp3) is 0.308. The van der Waals surface area contributed by atoms with E-state index in [9.17, 15) is 4.79 Å². The molecule has 3 heteroatoms. The van der Waals surface area contributed by atoms with Gasteiger partial charge in [0.1, 0.15) is 5.78 Å². The molecule has 0 heterocycles. The number of carbonyl (C=O) groups excluding carboxylic acids is 1. The summed E-state index contributed by atoms with van der Waals surface area (Å²) in [4.78, 5) is 11.5. The van der Waals surface area contributed by atoms with Crippen LogP contribution in [-0.4, -0.2) is 5.78 Å². The minimum Gasteiger partial charge on any atom is -0.299 e. The molecule has 0 spiro atoms. The van der Waals surface area contributed by atoms with Crippen LogP contribution in [0.5, 0.6) is 0 Å². The summed E-state index contributed by atoms with van der Waals surface area (Å²) in [5.74, 6) is 2.69. The van der Waals surface area contributed by atoms with Crippen LogP contribution >= 0.6 is 23.2 Å². The van der Waals surface area contributed by atoms with E-state index in [0.717, 1.165) is 12.0 Å². The monoisotopic (exact) mass is 254 g/mol. The number of hydrogen-bond acceptors (Lipinski definition) is 1. The molecule has 0 radical (unpaired) electrons. The van der Waals surface area contributed by atoms with Gasteiger partial charge in [-0.2, -0.15) is 0 Å². The molecule has 84 valence electrons. The lowest BCUT2D eigenvalue weighted by Gasteiger charge is -2.02. The predicted octanol–water partition coefficient (Wildman–Crippen LogP) is 3.91. The average Bonchev–Trinajstić information content (AvgIpc) is 2.24. The first-order valence-electron chi connectivity index (χ1n) is 5.02. The fourth-order valence-corrected chi connectivity index (χ4v) is 1.67. The summed E-state index contributed by atoms with van der Waals surface area (Å²) in [5.41, 5.74) is 0.889. The standard InChI is InChI=1S/C13H12Cl2O/c1-2-3-4-5-11(16)8-10-6-7-12(14)13(15)9-10/h1,6-7,9H,3-5,8H2. The van der Waals surface area contributed by atoms with Gasteiger partial charge in [0.15, 0.2) is 0 Å². The molecule has 0 aliphatic rings. The molecule has 16 heavy (non-hydrogen) atoms. The summed E-state index contributed by atoms with van der Waals surface area (Å²) in [6.07, 6.45) is 7.41. The smallest absolute Gasteiger partial charge is 0.137 e. The molecule has 1 rings (SSSR count). The second kappa shape index (κ2) is 6.58. The fourth-order valence-electron chi connectivity index (χ4n) is 1.35. The Bertz CT molecular complexity index is 418. The van der Waals surface area contributed by atoms with Gasteiger partial charge in [0.05, 0.1) is 10.0 Å². The molecule has 1 aromatic carbocycles. The van der Waals surface area contributed by atoms with Crippen molar-refractivity contribution in [1.82, 2.24) is 0 Å². The molecule has 0 saturated carbocycles. The number of rotatable bonds is 5. The summed E-state index contributed by atoms with van der Waals surface area (Å²) >= 11 is 11.6. The first-order chi connectivity index (χ1) is 7.63. The molecular formula is C13H12Cl2O. The molecular weight excluding hydrogens is 243 g/mol. The Labute approximate surface area is 106 Å². The van der Waals surface area contributed by atoms with Gasteiger partial charge in [-0.15, -0.1) is 12.3 Å². The van der Waals surface area contributed by atoms with Gasteiger partial charge in [-0.05, 0) is 24.1 Å². The van der Waals surface area contributed by atoms with Crippen LogP contribution < -0.4 is 0 Å². The van der Waals surface area contributed by atoms with E-state index in [2.05, 4.69) is 5.92 Å². The van der Waals surface area contributed by atoms with E-state index in [1.807, 2.05) is 6.07 Å². The third-order valence-corrected chi connectivity index (χ3v) is 2.90. The lowest BCUT2D eigenvalue weighted by atomic mass is 10.1. The Hall–Kier alpha value is -0.970. The molecule has 1 nitrogen and oxygen atoms in total. The first kappa shape index (κ1) is 13.1. The maximum Gasteiger partial charge on any atom is 0.137 e. The third kappa shape index (κ3) is 4.26.